The van der Waals surface area contributed by atoms with Gasteiger partial charge in [-0.25, -0.2) is 0 Å². The molecule has 0 heterocycles. The Hall–Kier alpha value is -2.49. The van der Waals surface area contributed by atoms with Gasteiger partial charge in [0.25, 0.3) is 0 Å². The third-order valence-electron chi connectivity index (χ3n) is 3.99. The highest BCUT2D eigenvalue weighted by molar-refractivity contribution is 5.87. The van der Waals surface area contributed by atoms with Crippen LogP contribution in [0, 0.1) is 0 Å². The first-order chi connectivity index (χ1) is 11.0. The van der Waals surface area contributed by atoms with Crippen molar-refractivity contribution in [2.75, 3.05) is 14.2 Å². The summed E-state index contributed by atoms with van der Waals surface area (Å²) in [6.07, 6.45) is 0. The molecule has 1 N–H and O–H groups in total. The highest BCUT2D eigenvalue weighted by Crippen LogP contribution is 2.26. The van der Waals surface area contributed by atoms with Crippen LogP contribution < -0.4 is 14.8 Å². The van der Waals surface area contributed by atoms with Crippen LogP contribution in [0.3, 0.4) is 0 Å². The van der Waals surface area contributed by atoms with E-state index in [2.05, 4.69) is 5.32 Å². The zero-order valence-electron chi connectivity index (χ0n) is 14.1. The Morgan fingerprint density at radius 3 is 2.35 bits per heavy atom. The van der Waals surface area contributed by atoms with E-state index in [1.807, 2.05) is 62.4 Å². The van der Waals surface area contributed by atoms with Crippen LogP contribution >= 0.6 is 0 Å². The molecule has 2 aromatic rings. The SMILES string of the molecule is COc1ccc(OC)c(CNC(=O)C(C)(C)c2ccccc2)c1. The van der Waals surface area contributed by atoms with E-state index in [4.69, 9.17) is 9.47 Å². The molecule has 0 saturated heterocycles. The molecular weight excluding hydrogens is 290 g/mol. The van der Waals surface area contributed by atoms with Crippen molar-refractivity contribution in [1.29, 1.82) is 0 Å². The van der Waals surface area contributed by atoms with Gasteiger partial charge in [0.1, 0.15) is 11.5 Å². The number of methoxy groups -OCH3 is 2. The summed E-state index contributed by atoms with van der Waals surface area (Å²) in [5, 5.41) is 2.99. The van der Waals surface area contributed by atoms with Gasteiger partial charge in [0.2, 0.25) is 5.91 Å². The van der Waals surface area contributed by atoms with Crippen LogP contribution in [0.4, 0.5) is 0 Å². The lowest BCUT2D eigenvalue weighted by molar-refractivity contribution is -0.125. The first kappa shape index (κ1) is 16.9. The predicted octanol–water partition coefficient (Wildman–Crippen LogP) is 3.30. The zero-order valence-corrected chi connectivity index (χ0v) is 14.1. The van der Waals surface area contributed by atoms with E-state index in [9.17, 15) is 4.79 Å². The van der Waals surface area contributed by atoms with Crippen molar-refractivity contribution < 1.29 is 14.3 Å². The molecule has 0 saturated carbocycles. The molecule has 0 aliphatic rings. The number of rotatable bonds is 6. The van der Waals surface area contributed by atoms with Gasteiger partial charge in [0.15, 0.2) is 0 Å². The topological polar surface area (TPSA) is 47.6 Å². The van der Waals surface area contributed by atoms with Gasteiger partial charge in [-0.2, -0.15) is 0 Å². The number of carbonyl (C=O) groups excluding carboxylic acids is 1. The third kappa shape index (κ3) is 3.83. The number of ether oxygens (including phenoxy) is 2. The summed E-state index contributed by atoms with van der Waals surface area (Å²) in [6, 6.07) is 15.3. The Balaban J connectivity index is 2.13. The predicted molar refractivity (Wildman–Crippen MR) is 90.9 cm³/mol. The standard InChI is InChI=1S/C19H23NO3/c1-19(2,15-8-6-5-7-9-15)18(21)20-13-14-12-16(22-3)10-11-17(14)23-4/h5-12H,13H2,1-4H3,(H,20,21). The fourth-order valence-electron chi connectivity index (χ4n) is 2.40. The zero-order chi connectivity index (χ0) is 16.9. The molecule has 122 valence electrons. The lowest BCUT2D eigenvalue weighted by Gasteiger charge is -2.24. The first-order valence-electron chi connectivity index (χ1n) is 7.53. The second kappa shape index (κ2) is 7.18. The van der Waals surface area contributed by atoms with E-state index in [1.165, 1.54) is 0 Å². The van der Waals surface area contributed by atoms with Crippen molar-refractivity contribution in [3.05, 3.63) is 59.7 Å². The number of hydrogen-bond donors (Lipinski definition) is 1. The monoisotopic (exact) mass is 313 g/mol. The average molecular weight is 313 g/mol. The van der Waals surface area contributed by atoms with E-state index < -0.39 is 5.41 Å². The Morgan fingerprint density at radius 2 is 1.74 bits per heavy atom. The minimum atomic E-state index is -0.604. The number of hydrogen-bond acceptors (Lipinski definition) is 3. The molecule has 0 spiro atoms. The fraction of sp³-hybridized carbons (Fsp3) is 0.316. The normalized spacial score (nSPS) is 11.0. The molecule has 23 heavy (non-hydrogen) atoms. The Kier molecular flexibility index (Phi) is 5.27. The number of amides is 1. The maximum absolute atomic E-state index is 12.6. The molecule has 0 fully saturated rings. The van der Waals surface area contributed by atoms with Crippen molar-refractivity contribution >= 4 is 5.91 Å². The lowest BCUT2D eigenvalue weighted by atomic mass is 9.84. The van der Waals surface area contributed by atoms with Gasteiger partial charge in [-0.3, -0.25) is 4.79 Å². The summed E-state index contributed by atoms with van der Waals surface area (Å²) in [7, 11) is 3.23. The Morgan fingerprint density at radius 1 is 1.04 bits per heavy atom. The average Bonchev–Trinajstić information content (AvgIpc) is 2.59. The van der Waals surface area contributed by atoms with Crippen LogP contribution in [0.15, 0.2) is 48.5 Å². The van der Waals surface area contributed by atoms with Crippen LogP contribution in [-0.2, 0) is 16.8 Å². The van der Waals surface area contributed by atoms with E-state index in [1.54, 1.807) is 14.2 Å². The molecule has 0 aliphatic heterocycles. The van der Waals surface area contributed by atoms with Crippen molar-refractivity contribution in [2.24, 2.45) is 0 Å². The maximum Gasteiger partial charge on any atom is 0.230 e. The van der Waals surface area contributed by atoms with Crippen LogP contribution in [0.5, 0.6) is 11.5 Å². The molecule has 2 aromatic carbocycles. The van der Waals surface area contributed by atoms with E-state index in [-0.39, 0.29) is 5.91 Å². The first-order valence-corrected chi connectivity index (χ1v) is 7.53. The number of benzene rings is 2. The van der Waals surface area contributed by atoms with Gasteiger partial charge < -0.3 is 14.8 Å². The minimum absolute atomic E-state index is 0.0337. The number of carbonyl (C=O) groups is 1. The summed E-state index contributed by atoms with van der Waals surface area (Å²) in [4.78, 5) is 12.6. The summed E-state index contributed by atoms with van der Waals surface area (Å²) in [5.41, 5.74) is 1.26. The summed E-state index contributed by atoms with van der Waals surface area (Å²) < 4.78 is 10.6. The van der Waals surface area contributed by atoms with Crippen LogP contribution in [0.1, 0.15) is 25.0 Å². The van der Waals surface area contributed by atoms with Crippen molar-refractivity contribution in [2.45, 2.75) is 25.8 Å². The largest absolute Gasteiger partial charge is 0.497 e. The lowest BCUT2D eigenvalue weighted by Crippen LogP contribution is -2.39. The number of nitrogens with one attached hydrogen (secondary N) is 1. The second-order valence-corrected chi connectivity index (χ2v) is 5.85. The molecule has 2 rings (SSSR count). The van der Waals surface area contributed by atoms with Gasteiger partial charge in [-0.05, 0) is 37.6 Å². The van der Waals surface area contributed by atoms with Crippen LogP contribution in [0.2, 0.25) is 0 Å². The molecule has 0 unspecified atom stereocenters. The fourth-order valence-corrected chi connectivity index (χ4v) is 2.40. The second-order valence-electron chi connectivity index (χ2n) is 5.85. The van der Waals surface area contributed by atoms with Crippen molar-refractivity contribution in [3.63, 3.8) is 0 Å². The quantitative estimate of drug-likeness (QED) is 0.890. The molecule has 0 bridgehead atoms. The van der Waals surface area contributed by atoms with Gasteiger partial charge >= 0.3 is 0 Å². The molecule has 4 heteroatoms. The van der Waals surface area contributed by atoms with Crippen molar-refractivity contribution in [1.82, 2.24) is 5.32 Å². The van der Waals surface area contributed by atoms with E-state index in [0.717, 1.165) is 22.6 Å². The van der Waals surface area contributed by atoms with Crippen molar-refractivity contribution in [3.8, 4) is 11.5 Å². The van der Waals surface area contributed by atoms with Gasteiger partial charge in [-0.15, -0.1) is 0 Å². The highest BCUT2D eigenvalue weighted by Gasteiger charge is 2.29. The molecule has 0 aliphatic carbocycles. The van der Waals surface area contributed by atoms with Gasteiger partial charge in [-0.1, -0.05) is 30.3 Å². The Labute approximate surface area is 137 Å². The van der Waals surface area contributed by atoms with Crippen LogP contribution in [-0.4, -0.2) is 20.1 Å². The van der Waals surface area contributed by atoms with Crippen LogP contribution in [0.25, 0.3) is 0 Å². The smallest absolute Gasteiger partial charge is 0.230 e. The highest BCUT2D eigenvalue weighted by atomic mass is 16.5. The summed E-state index contributed by atoms with van der Waals surface area (Å²) in [5.74, 6) is 1.43. The third-order valence-corrected chi connectivity index (χ3v) is 3.99. The summed E-state index contributed by atoms with van der Waals surface area (Å²) >= 11 is 0. The molecular formula is C19H23NO3. The van der Waals surface area contributed by atoms with E-state index in [0.29, 0.717) is 6.54 Å². The van der Waals surface area contributed by atoms with Gasteiger partial charge in [0, 0.05) is 12.1 Å². The molecule has 0 radical (unpaired) electrons. The van der Waals surface area contributed by atoms with E-state index >= 15 is 0 Å². The Bertz CT molecular complexity index is 666. The maximum atomic E-state index is 12.6. The molecule has 4 nitrogen and oxygen atoms in total. The molecule has 1 amide bonds. The summed E-state index contributed by atoms with van der Waals surface area (Å²) in [6.45, 7) is 4.22. The van der Waals surface area contributed by atoms with Gasteiger partial charge in [0.05, 0.1) is 19.6 Å². The molecule has 0 atom stereocenters. The molecule has 0 aromatic heterocycles. The minimum Gasteiger partial charge on any atom is -0.497 e.